The van der Waals surface area contributed by atoms with Gasteiger partial charge in [-0.15, -0.1) is 5.23 Å². The molecule has 3 N–H and O–H groups in total. The number of anilines is 1. The van der Waals surface area contributed by atoms with Gasteiger partial charge in [-0.25, -0.2) is 0 Å². The first-order valence-corrected chi connectivity index (χ1v) is 3.08. The van der Waals surface area contributed by atoms with E-state index in [2.05, 4.69) is 4.98 Å². The number of aromatic amines is 1. The van der Waals surface area contributed by atoms with Crippen LogP contribution in [0.5, 0.6) is 0 Å². The summed E-state index contributed by atoms with van der Waals surface area (Å²) in [5.41, 5.74) is 0.0201. The first-order valence-electron chi connectivity index (χ1n) is 2.33. The van der Waals surface area contributed by atoms with Crippen molar-refractivity contribution < 1.29 is 10.4 Å². The Kier molecular flexibility index (Phi) is 2.05. The smallest absolute Gasteiger partial charge is 0.132 e. The molecule has 0 aromatic carbocycles. The molecule has 0 amide bonds. The van der Waals surface area contributed by atoms with E-state index >= 15 is 0 Å². The summed E-state index contributed by atoms with van der Waals surface area (Å²) in [7, 11) is 0. The lowest BCUT2D eigenvalue weighted by molar-refractivity contribution is 0.0293. The van der Waals surface area contributed by atoms with Crippen LogP contribution in [0.15, 0.2) is 6.20 Å². The number of hydrogen-bond acceptors (Lipinski definition) is 3. The minimum atomic E-state index is -0.106. The highest BCUT2D eigenvalue weighted by Gasteiger charge is 2.10. The number of rotatable bonds is 1. The molecular weight excluding hydrogens is 179 g/mol. The standard InChI is InChI=1S/C4H4Cl2N2O2/c5-3-2(8(9)10)1-7-4(3)6/h1,7,9-10H. The van der Waals surface area contributed by atoms with Gasteiger partial charge in [0.1, 0.15) is 15.9 Å². The van der Waals surface area contributed by atoms with E-state index in [0.717, 1.165) is 0 Å². The maximum Gasteiger partial charge on any atom is 0.132 e. The Morgan fingerprint density at radius 2 is 2.00 bits per heavy atom. The van der Waals surface area contributed by atoms with Gasteiger partial charge in [-0.2, -0.15) is 0 Å². The lowest BCUT2D eigenvalue weighted by atomic mass is 10.5. The highest BCUT2D eigenvalue weighted by Crippen LogP contribution is 2.30. The lowest BCUT2D eigenvalue weighted by Gasteiger charge is -2.03. The maximum absolute atomic E-state index is 8.44. The third-order valence-electron chi connectivity index (χ3n) is 0.969. The minimum Gasteiger partial charge on any atom is -0.349 e. The molecule has 1 heterocycles. The summed E-state index contributed by atoms with van der Waals surface area (Å²) < 4.78 is 0. The topological polar surface area (TPSA) is 59.5 Å². The van der Waals surface area contributed by atoms with E-state index in [1.54, 1.807) is 0 Å². The monoisotopic (exact) mass is 182 g/mol. The van der Waals surface area contributed by atoms with Crippen LogP contribution in [0.2, 0.25) is 10.2 Å². The molecule has 1 rings (SSSR count). The second-order valence-corrected chi connectivity index (χ2v) is 2.35. The lowest BCUT2D eigenvalue weighted by Crippen LogP contribution is -2.09. The second-order valence-electron chi connectivity index (χ2n) is 1.59. The van der Waals surface area contributed by atoms with Gasteiger partial charge in [-0.3, -0.25) is 10.4 Å². The van der Waals surface area contributed by atoms with Crippen molar-refractivity contribution in [2.45, 2.75) is 0 Å². The Morgan fingerprint density at radius 1 is 1.40 bits per heavy atom. The van der Waals surface area contributed by atoms with Crippen LogP contribution in [-0.4, -0.2) is 15.4 Å². The van der Waals surface area contributed by atoms with Gasteiger partial charge in [0.25, 0.3) is 0 Å². The Bertz CT molecular complexity index is 235. The van der Waals surface area contributed by atoms with Crippen molar-refractivity contribution in [3.63, 3.8) is 0 Å². The molecule has 10 heavy (non-hydrogen) atoms. The van der Waals surface area contributed by atoms with Crippen molar-refractivity contribution in [3.05, 3.63) is 16.4 Å². The van der Waals surface area contributed by atoms with E-state index in [0.29, 0.717) is 0 Å². The van der Waals surface area contributed by atoms with Gasteiger partial charge in [-0.05, 0) is 0 Å². The number of nitrogens with one attached hydrogen (secondary N) is 1. The molecule has 0 fully saturated rings. The molecule has 0 aliphatic rings. The summed E-state index contributed by atoms with van der Waals surface area (Å²) in [6, 6.07) is 0. The summed E-state index contributed by atoms with van der Waals surface area (Å²) >= 11 is 10.9. The third kappa shape index (κ3) is 1.19. The Morgan fingerprint density at radius 3 is 2.20 bits per heavy atom. The maximum atomic E-state index is 8.44. The van der Waals surface area contributed by atoms with Crippen LogP contribution in [0.4, 0.5) is 5.69 Å². The highest BCUT2D eigenvalue weighted by molar-refractivity contribution is 6.43. The Hall–Kier alpha value is -0.420. The number of hydrogen-bond donors (Lipinski definition) is 3. The zero-order valence-corrected chi connectivity index (χ0v) is 6.19. The quantitative estimate of drug-likeness (QED) is 0.582. The van der Waals surface area contributed by atoms with Crippen molar-refractivity contribution in [3.8, 4) is 0 Å². The molecule has 1 aromatic rings. The number of H-pyrrole nitrogens is 1. The van der Waals surface area contributed by atoms with Gasteiger partial charge in [0.05, 0.1) is 0 Å². The molecule has 4 nitrogen and oxygen atoms in total. The molecule has 0 aliphatic carbocycles. The number of halogens is 2. The van der Waals surface area contributed by atoms with Crippen LogP contribution >= 0.6 is 23.2 Å². The predicted octanol–water partition coefficient (Wildman–Crippen LogP) is 1.91. The zero-order chi connectivity index (χ0) is 7.72. The average Bonchev–Trinajstić information content (AvgIpc) is 2.14. The Balaban J connectivity index is 3.05. The fraction of sp³-hybridized carbons (Fsp3) is 0. The van der Waals surface area contributed by atoms with Crippen molar-refractivity contribution >= 4 is 28.9 Å². The zero-order valence-electron chi connectivity index (χ0n) is 4.67. The van der Waals surface area contributed by atoms with Gasteiger partial charge in [0, 0.05) is 6.20 Å². The van der Waals surface area contributed by atoms with Crippen LogP contribution in [0.3, 0.4) is 0 Å². The summed E-state index contributed by atoms with van der Waals surface area (Å²) in [6.07, 6.45) is 1.27. The number of nitrogens with zero attached hydrogens (tertiary/aromatic N) is 1. The molecule has 56 valence electrons. The van der Waals surface area contributed by atoms with Gasteiger partial charge >= 0.3 is 0 Å². The van der Waals surface area contributed by atoms with Gasteiger partial charge in [0.2, 0.25) is 0 Å². The first-order chi connectivity index (χ1) is 4.63. The molecule has 0 saturated heterocycles. The largest absolute Gasteiger partial charge is 0.349 e. The van der Waals surface area contributed by atoms with Crippen LogP contribution in [0.25, 0.3) is 0 Å². The fourth-order valence-electron chi connectivity index (χ4n) is 0.516. The molecular formula is C4H4Cl2N2O2. The predicted molar refractivity (Wildman–Crippen MR) is 36.9 cm³/mol. The summed E-state index contributed by atoms with van der Waals surface area (Å²) in [6.45, 7) is 0. The second kappa shape index (κ2) is 2.67. The number of aromatic nitrogens is 1. The fourth-order valence-corrected chi connectivity index (χ4v) is 0.852. The molecule has 0 unspecified atom stereocenters. The van der Waals surface area contributed by atoms with E-state index < -0.39 is 0 Å². The minimum absolute atomic E-state index is 0.0201. The molecule has 0 bridgehead atoms. The molecule has 0 saturated carbocycles. The van der Waals surface area contributed by atoms with Crippen molar-refractivity contribution in [2.24, 2.45) is 0 Å². The van der Waals surface area contributed by atoms with E-state index in [1.165, 1.54) is 6.20 Å². The molecule has 1 aromatic heterocycles. The van der Waals surface area contributed by atoms with Gasteiger partial charge < -0.3 is 4.98 Å². The van der Waals surface area contributed by atoms with Crippen molar-refractivity contribution in [1.29, 1.82) is 0 Å². The molecule has 0 spiro atoms. The van der Waals surface area contributed by atoms with Crippen LogP contribution in [0.1, 0.15) is 0 Å². The first kappa shape index (κ1) is 7.68. The van der Waals surface area contributed by atoms with Crippen LogP contribution in [-0.2, 0) is 0 Å². The normalized spacial score (nSPS) is 10.0. The molecule has 0 atom stereocenters. The molecule has 0 radical (unpaired) electrons. The summed E-state index contributed by atoms with van der Waals surface area (Å²) in [5.74, 6) is 0. The SMILES string of the molecule is ON(O)c1c[nH]c(Cl)c1Cl. The summed E-state index contributed by atoms with van der Waals surface area (Å²) in [4.78, 5) is 2.49. The van der Waals surface area contributed by atoms with E-state index in [9.17, 15) is 0 Å². The van der Waals surface area contributed by atoms with E-state index in [-0.39, 0.29) is 21.1 Å². The summed E-state index contributed by atoms with van der Waals surface area (Å²) in [5, 5.41) is 17.0. The Labute approximate surface area is 66.5 Å². The van der Waals surface area contributed by atoms with E-state index in [4.69, 9.17) is 33.6 Å². The van der Waals surface area contributed by atoms with Crippen LogP contribution < -0.4 is 5.23 Å². The molecule has 6 heteroatoms. The van der Waals surface area contributed by atoms with Crippen LogP contribution in [0, 0.1) is 0 Å². The molecule has 0 aliphatic heterocycles. The average molecular weight is 183 g/mol. The highest BCUT2D eigenvalue weighted by atomic mass is 35.5. The third-order valence-corrected chi connectivity index (χ3v) is 1.75. The van der Waals surface area contributed by atoms with E-state index in [1.807, 2.05) is 0 Å². The van der Waals surface area contributed by atoms with Gasteiger partial charge in [0.15, 0.2) is 0 Å². The van der Waals surface area contributed by atoms with Crippen molar-refractivity contribution in [1.82, 2.24) is 4.98 Å². The van der Waals surface area contributed by atoms with Gasteiger partial charge in [-0.1, -0.05) is 23.2 Å². The van der Waals surface area contributed by atoms with Crippen molar-refractivity contribution in [2.75, 3.05) is 5.23 Å².